The zero-order valence-corrected chi connectivity index (χ0v) is 13.4. The minimum absolute atomic E-state index is 0.0179. The van der Waals surface area contributed by atoms with E-state index in [1.807, 2.05) is 13.8 Å². The van der Waals surface area contributed by atoms with Gasteiger partial charge >= 0.3 is 5.97 Å². The minimum atomic E-state index is -0.868. The molecular weight excluding hydrogens is 242 g/mol. The molecule has 1 atom stereocenters. The van der Waals surface area contributed by atoms with Crippen LogP contribution in [0.3, 0.4) is 0 Å². The molecule has 0 saturated heterocycles. The lowest BCUT2D eigenvalue weighted by molar-refractivity contribution is -0.145. The van der Waals surface area contributed by atoms with E-state index in [-0.39, 0.29) is 17.7 Å². The maximum atomic E-state index is 12.4. The molecule has 0 aliphatic rings. The summed E-state index contributed by atoms with van der Waals surface area (Å²) in [4.78, 5) is 25.0. The average molecular weight is 271 g/mol. The van der Waals surface area contributed by atoms with E-state index < -0.39 is 11.5 Å². The van der Waals surface area contributed by atoms with Gasteiger partial charge in [0.05, 0.1) is 6.42 Å². The number of hydrogen-bond donors (Lipinski definition) is 1. The van der Waals surface area contributed by atoms with E-state index in [0.717, 1.165) is 0 Å². The molecule has 0 heterocycles. The first-order chi connectivity index (χ1) is 8.46. The van der Waals surface area contributed by atoms with Crippen molar-refractivity contribution in [2.75, 3.05) is 7.05 Å². The lowest BCUT2D eigenvalue weighted by Crippen LogP contribution is -2.49. The van der Waals surface area contributed by atoms with Crippen molar-refractivity contribution in [2.24, 2.45) is 11.3 Å². The van der Waals surface area contributed by atoms with Crippen LogP contribution in [0.1, 0.15) is 60.8 Å². The normalized spacial score (nSPS) is 15.2. The van der Waals surface area contributed by atoms with Crippen molar-refractivity contribution in [3.8, 4) is 0 Å². The lowest BCUT2D eigenvalue weighted by Gasteiger charge is -2.39. The standard InChI is InChI=1S/C15H29NO3/c1-8-15(6,10-13(18)19)16(7)12(17)9-14(4,5)11(2)3/h11H,8-10H2,1-7H3,(H,18,19). The third-order valence-electron chi connectivity index (χ3n) is 4.65. The summed E-state index contributed by atoms with van der Waals surface area (Å²) in [5.74, 6) is -0.450. The smallest absolute Gasteiger partial charge is 0.305 e. The molecule has 4 heteroatoms. The van der Waals surface area contributed by atoms with Gasteiger partial charge < -0.3 is 10.0 Å². The predicted octanol–water partition coefficient (Wildman–Crippen LogP) is 3.16. The second-order valence-electron chi connectivity index (χ2n) is 6.69. The fourth-order valence-corrected chi connectivity index (χ4v) is 1.82. The Morgan fingerprint density at radius 2 is 1.63 bits per heavy atom. The fraction of sp³-hybridized carbons (Fsp3) is 0.867. The Bertz CT molecular complexity index is 336. The molecule has 1 N–H and O–H groups in total. The third kappa shape index (κ3) is 4.84. The van der Waals surface area contributed by atoms with Gasteiger partial charge in [0.25, 0.3) is 0 Å². The van der Waals surface area contributed by atoms with Crippen LogP contribution in [0.4, 0.5) is 0 Å². The highest BCUT2D eigenvalue weighted by molar-refractivity contribution is 5.78. The molecule has 1 amide bonds. The largest absolute Gasteiger partial charge is 0.481 e. The van der Waals surface area contributed by atoms with E-state index in [9.17, 15) is 9.59 Å². The van der Waals surface area contributed by atoms with Gasteiger partial charge in [-0.3, -0.25) is 9.59 Å². The molecule has 4 nitrogen and oxygen atoms in total. The molecule has 0 radical (unpaired) electrons. The average Bonchev–Trinajstić information content (AvgIpc) is 2.26. The van der Waals surface area contributed by atoms with Crippen molar-refractivity contribution in [3.05, 3.63) is 0 Å². The summed E-state index contributed by atoms with van der Waals surface area (Å²) in [7, 11) is 1.71. The van der Waals surface area contributed by atoms with Crippen molar-refractivity contribution >= 4 is 11.9 Å². The molecule has 0 aromatic carbocycles. The van der Waals surface area contributed by atoms with Crippen molar-refractivity contribution < 1.29 is 14.7 Å². The van der Waals surface area contributed by atoms with E-state index in [0.29, 0.717) is 18.8 Å². The fourth-order valence-electron chi connectivity index (χ4n) is 1.82. The minimum Gasteiger partial charge on any atom is -0.481 e. The first-order valence-corrected chi connectivity index (χ1v) is 6.94. The Balaban J connectivity index is 4.93. The van der Waals surface area contributed by atoms with Gasteiger partial charge in [0.2, 0.25) is 5.91 Å². The van der Waals surface area contributed by atoms with Gasteiger partial charge in [-0.2, -0.15) is 0 Å². The Hall–Kier alpha value is -1.06. The number of carbonyl (C=O) groups is 2. The molecule has 0 saturated carbocycles. The van der Waals surface area contributed by atoms with Gasteiger partial charge in [-0.25, -0.2) is 0 Å². The zero-order valence-electron chi connectivity index (χ0n) is 13.4. The van der Waals surface area contributed by atoms with Crippen LogP contribution in [0.25, 0.3) is 0 Å². The van der Waals surface area contributed by atoms with E-state index in [4.69, 9.17) is 5.11 Å². The van der Waals surface area contributed by atoms with Crippen LogP contribution >= 0.6 is 0 Å². The van der Waals surface area contributed by atoms with Crippen LogP contribution in [0.5, 0.6) is 0 Å². The Morgan fingerprint density at radius 3 is 1.95 bits per heavy atom. The summed E-state index contributed by atoms with van der Waals surface area (Å²) in [5, 5.41) is 8.99. The Labute approximate surface area is 117 Å². The molecule has 0 aliphatic carbocycles. The highest BCUT2D eigenvalue weighted by Crippen LogP contribution is 2.32. The van der Waals surface area contributed by atoms with E-state index in [1.165, 1.54) is 0 Å². The molecule has 112 valence electrons. The molecule has 0 aromatic heterocycles. The number of aliphatic carboxylic acids is 1. The second kappa shape index (κ2) is 6.40. The summed E-state index contributed by atoms with van der Waals surface area (Å²) in [6.07, 6.45) is 1.05. The van der Waals surface area contributed by atoms with Crippen molar-refractivity contribution in [1.82, 2.24) is 4.90 Å². The molecule has 19 heavy (non-hydrogen) atoms. The summed E-state index contributed by atoms with van der Waals surface area (Å²) in [6.45, 7) is 12.1. The van der Waals surface area contributed by atoms with Gasteiger partial charge in [0, 0.05) is 19.0 Å². The second-order valence-corrected chi connectivity index (χ2v) is 6.69. The van der Waals surface area contributed by atoms with Crippen molar-refractivity contribution in [3.63, 3.8) is 0 Å². The summed E-state index contributed by atoms with van der Waals surface area (Å²) in [6, 6.07) is 0. The number of rotatable bonds is 7. The van der Waals surface area contributed by atoms with Crippen molar-refractivity contribution in [1.29, 1.82) is 0 Å². The number of hydrogen-bond acceptors (Lipinski definition) is 2. The third-order valence-corrected chi connectivity index (χ3v) is 4.65. The van der Waals surface area contributed by atoms with Crippen LogP contribution in [0.15, 0.2) is 0 Å². The van der Waals surface area contributed by atoms with Gasteiger partial charge in [-0.1, -0.05) is 34.6 Å². The van der Waals surface area contributed by atoms with Gasteiger partial charge in [-0.05, 0) is 24.7 Å². The molecule has 0 aromatic rings. The number of amides is 1. The first-order valence-electron chi connectivity index (χ1n) is 6.94. The van der Waals surface area contributed by atoms with Gasteiger partial charge in [-0.15, -0.1) is 0 Å². The van der Waals surface area contributed by atoms with Crippen LogP contribution in [-0.2, 0) is 9.59 Å². The zero-order chi connectivity index (χ0) is 15.4. The number of carboxylic acid groups (broad SMARTS) is 1. The lowest BCUT2D eigenvalue weighted by atomic mass is 9.77. The highest BCUT2D eigenvalue weighted by Gasteiger charge is 2.36. The molecule has 0 aliphatic heterocycles. The topological polar surface area (TPSA) is 57.6 Å². The number of nitrogens with zero attached hydrogens (tertiary/aromatic N) is 1. The monoisotopic (exact) mass is 271 g/mol. The predicted molar refractivity (Wildman–Crippen MR) is 77.0 cm³/mol. The van der Waals surface area contributed by atoms with Gasteiger partial charge in [0.15, 0.2) is 0 Å². The molecular formula is C15H29NO3. The van der Waals surface area contributed by atoms with Crippen LogP contribution in [0, 0.1) is 11.3 Å². The number of carbonyl (C=O) groups excluding carboxylic acids is 1. The number of carboxylic acids is 1. The maximum absolute atomic E-state index is 12.4. The first kappa shape index (κ1) is 17.9. The van der Waals surface area contributed by atoms with E-state index in [2.05, 4.69) is 27.7 Å². The molecule has 0 fully saturated rings. The molecule has 0 bridgehead atoms. The van der Waals surface area contributed by atoms with E-state index in [1.54, 1.807) is 11.9 Å². The van der Waals surface area contributed by atoms with Crippen LogP contribution in [0.2, 0.25) is 0 Å². The summed E-state index contributed by atoms with van der Waals surface area (Å²) < 4.78 is 0. The molecule has 0 rings (SSSR count). The van der Waals surface area contributed by atoms with Gasteiger partial charge in [0.1, 0.15) is 0 Å². The summed E-state index contributed by atoms with van der Waals surface area (Å²) in [5.41, 5.74) is -0.695. The highest BCUT2D eigenvalue weighted by atomic mass is 16.4. The van der Waals surface area contributed by atoms with Crippen molar-refractivity contribution in [2.45, 2.75) is 66.3 Å². The maximum Gasteiger partial charge on any atom is 0.305 e. The van der Waals surface area contributed by atoms with Crippen LogP contribution in [-0.4, -0.2) is 34.5 Å². The van der Waals surface area contributed by atoms with Crippen LogP contribution < -0.4 is 0 Å². The Morgan fingerprint density at radius 1 is 1.16 bits per heavy atom. The van der Waals surface area contributed by atoms with E-state index >= 15 is 0 Å². The Kier molecular flexibility index (Phi) is 6.04. The molecule has 1 unspecified atom stereocenters. The SMILES string of the molecule is CCC(C)(CC(=O)O)N(C)C(=O)CC(C)(C)C(C)C. The quantitative estimate of drug-likeness (QED) is 0.773. The summed E-state index contributed by atoms with van der Waals surface area (Å²) >= 11 is 0. The molecule has 0 spiro atoms.